The first-order valence-electron chi connectivity index (χ1n) is 7.70. The summed E-state index contributed by atoms with van der Waals surface area (Å²) in [5, 5.41) is 3.62. The Hall–Kier alpha value is -2.81. The van der Waals surface area contributed by atoms with Crippen LogP contribution < -0.4 is 10.6 Å². The minimum Gasteiger partial charge on any atom is -0.463 e. The summed E-state index contributed by atoms with van der Waals surface area (Å²) in [4.78, 5) is 28.4. The second-order valence-electron chi connectivity index (χ2n) is 5.27. The Kier molecular flexibility index (Phi) is 6.27. The number of benzene rings is 1. The number of nitrogens with one attached hydrogen (secondary N) is 2. The zero-order valence-corrected chi connectivity index (χ0v) is 14.8. The number of hydrogen-bond acceptors (Lipinski definition) is 5. The lowest BCUT2D eigenvalue weighted by Gasteiger charge is -2.35. The molecular weight excluding hydrogens is 387 g/mol. The largest absolute Gasteiger partial charge is 0.463 e. The fourth-order valence-corrected chi connectivity index (χ4v) is 2.32. The van der Waals surface area contributed by atoms with E-state index in [1.165, 1.54) is 49.5 Å². The highest BCUT2D eigenvalue weighted by Gasteiger charge is 2.63. The Labute approximate surface area is 157 Å². The molecule has 0 saturated carbocycles. The molecule has 0 bridgehead atoms. The van der Waals surface area contributed by atoms with Gasteiger partial charge in [0.05, 0.1) is 22.9 Å². The molecule has 1 aromatic carbocycles. The van der Waals surface area contributed by atoms with Crippen LogP contribution in [-0.2, 0) is 9.53 Å². The first kappa shape index (κ1) is 20.5. The van der Waals surface area contributed by atoms with Crippen LogP contribution in [0.2, 0.25) is 5.02 Å². The van der Waals surface area contributed by atoms with Gasteiger partial charge in [0.15, 0.2) is 0 Å². The van der Waals surface area contributed by atoms with E-state index in [0.717, 1.165) is 6.20 Å². The Bertz CT molecular complexity index is 818. The van der Waals surface area contributed by atoms with Crippen molar-refractivity contribution in [3.63, 3.8) is 0 Å². The van der Waals surface area contributed by atoms with Gasteiger partial charge in [0, 0.05) is 12.4 Å². The summed E-state index contributed by atoms with van der Waals surface area (Å²) < 4.78 is 46.6. The van der Waals surface area contributed by atoms with Gasteiger partial charge in [-0.15, -0.1) is 0 Å². The number of halogens is 4. The number of anilines is 1. The fraction of sp³-hybridized carbons (Fsp3) is 0.235. The van der Waals surface area contributed by atoms with Crippen LogP contribution in [-0.4, -0.2) is 35.3 Å². The van der Waals surface area contributed by atoms with E-state index in [2.05, 4.69) is 9.72 Å². The highest BCUT2D eigenvalue weighted by molar-refractivity contribution is 6.33. The van der Waals surface area contributed by atoms with Gasteiger partial charge in [-0.2, -0.15) is 13.2 Å². The number of alkyl halides is 3. The van der Waals surface area contributed by atoms with Crippen molar-refractivity contribution < 1.29 is 27.5 Å². The van der Waals surface area contributed by atoms with E-state index in [9.17, 15) is 22.8 Å². The summed E-state index contributed by atoms with van der Waals surface area (Å²) >= 11 is 5.91. The number of esters is 1. The van der Waals surface area contributed by atoms with Crippen LogP contribution in [0, 0.1) is 0 Å². The third-order valence-electron chi connectivity index (χ3n) is 3.43. The van der Waals surface area contributed by atoms with Gasteiger partial charge in [0.1, 0.15) is 0 Å². The number of carbonyl (C=O) groups excluding carboxylic acids is 2. The number of carbonyl (C=O) groups is 2. The van der Waals surface area contributed by atoms with Crippen molar-refractivity contribution in [1.82, 2.24) is 10.3 Å². The van der Waals surface area contributed by atoms with Crippen LogP contribution in [0.1, 0.15) is 17.3 Å². The summed E-state index contributed by atoms with van der Waals surface area (Å²) in [5.41, 5.74) is -3.94. The molecule has 0 aliphatic heterocycles. The Morgan fingerprint density at radius 2 is 1.89 bits per heavy atom. The minimum atomic E-state index is -5.25. The summed E-state index contributed by atoms with van der Waals surface area (Å²) in [7, 11) is 0. The van der Waals surface area contributed by atoms with Gasteiger partial charge in [-0.05, 0) is 31.2 Å². The third kappa shape index (κ3) is 4.48. The van der Waals surface area contributed by atoms with E-state index >= 15 is 0 Å². The second-order valence-corrected chi connectivity index (χ2v) is 5.68. The predicted molar refractivity (Wildman–Crippen MR) is 92.2 cm³/mol. The van der Waals surface area contributed by atoms with Crippen LogP contribution in [0.3, 0.4) is 0 Å². The average Bonchev–Trinajstić information content (AvgIpc) is 2.62. The lowest BCUT2D eigenvalue weighted by Crippen LogP contribution is -2.69. The fourth-order valence-electron chi connectivity index (χ4n) is 2.13. The SMILES string of the molecule is CCOC(=O)[C@](NC(=O)c1cccnc1)(Nc1ccccc1Cl)C(F)(F)F. The second kappa shape index (κ2) is 8.26. The molecule has 0 radical (unpaired) electrons. The monoisotopic (exact) mass is 401 g/mol. The van der Waals surface area contributed by atoms with Crippen molar-refractivity contribution in [2.75, 3.05) is 11.9 Å². The first-order chi connectivity index (χ1) is 12.7. The van der Waals surface area contributed by atoms with Crippen molar-refractivity contribution in [2.45, 2.75) is 18.8 Å². The molecule has 0 aliphatic rings. The van der Waals surface area contributed by atoms with Gasteiger partial charge < -0.3 is 15.4 Å². The number of para-hydroxylation sites is 1. The molecule has 144 valence electrons. The first-order valence-corrected chi connectivity index (χ1v) is 8.08. The number of aromatic nitrogens is 1. The maximum atomic E-state index is 14.0. The van der Waals surface area contributed by atoms with Crippen LogP contribution >= 0.6 is 11.6 Å². The number of ether oxygens (including phenoxy) is 1. The van der Waals surface area contributed by atoms with Gasteiger partial charge in [-0.1, -0.05) is 23.7 Å². The normalized spacial score (nSPS) is 13.4. The van der Waals surface area contributed by atoms with Crippen molar-refractivity contribution in [3.05, 3.63) is 59.4 Å². The lowest BCUT2D eigenvalue weighted by molar-refractivity contribution is -0.204. The Morgan fingerprint density at radius 1 is 1.19 bits per heavy atom. The molecule has 2 rings (SSSR count). The molecule has 1 atom stereocenters. The molecule has 1 amide bonds. The Balaban J connectivity index is 2.52. The van der Waals surface area contributed by atoms with E-state index in [4.69, 9.17) is 11.6 Å². The maximum absolute atomic E-state index is 14.0. The zero-order chi connectivity index (χ0) is 20.1. The molecule has 1 heterocycles. The number of pyridine rings is 1. The summed E-state index contributed by atoms with van der Waals surface area (Å²) in [5.74, 6) is -2.90. The van der Waals surface area contributed by atoms with Crippen molar-refractivity contribution in [2.24, 2.45) is 0 Å². The Morgan fingerprint density at radius 3 is 2.44 bits per heavy atom. The molecule has 2 N–H and O–H groups in total. The number of amides is 1. The number of rotatable bonds is 6. The molecule has 0 fully saturated rings. The van der Waals surface area contributed by atoms with Gasteiger partial charge >= 0.3 is 17.8 Å². The molecule has 27 heavy (non-hydrogen) atoms. The molecule has 0 aliphatic carbocycles. The summed E-state index contributed by atoms with van der Waals surface area (Å²) in [6, 6.07) is 8.11. The van der Waals surface area contributed by atoms with Crippen molar-refractivity contribution in [3.8, 4) is 0 Å². The quantitative estimate of drug-likeness (QED) is 0.573. The summed E-state index contributed by atoms with van der Waals surface area (Å²) in [6.07, 6.45) is -2.84. The minimum absolute atomic E-state index is 0.0777. The molecular formula is C17H15ClF3N3O3. The van der Waals surface area contributed by atoms with E-state index in [1.807, 2.05) is 5.32 Å². The highest BCUT2D eigenvalue weighted by atomic mass is 35.5. The number of hydrogen-bond donors (Lipinski definition) is 2. The smallest absolute Gasteiger partial charge is 0.441 e. The lowest BCUT2D eigenvalue weighted by atomic mass is 10.1. The van der Waals surface area contributed by atoms with Crippen LogP contribution in [0.4, 0.5) is 18.9 Å². The molecule has 1 aromatic heterocycles. The van der Waals surface area contributed by atoms with E-state index in [-0.39, 0.29) is 22.9 Å². The standard InChI is InChI=1S/C17H15ClF3N3O3/c1-2-27-15(26)16(17(19,20)21,23-13-8-4-3-7-12(13)18)24-14(25)11-6-5-9-22-10-11/h3-10,23H,2H2,1H3,(H,24,25)/t16-/m1/s1. The maximum Gasteiger partial charge on any atom is 0.441 e. The van der Waals surface area contributed by atoms with Crippen LogP contribution in [0.5, 0.6) is 0 Å². The molecule has 0 spiro atoms. The molecule has 0 saturated heterocycles. The van der Waals surface area contributed by atoms with Gasteiger partial charge in [0.2, 0.25) is 0 Å². The van der Waals surface area contributed by atoms with E-state index < -0.39 is 23.7 Å². The van der Waals surface area contributed by atoms with Crippen LogP contribution in [0.25, 0.3) is 0 Å². The average molecular weight is 402 g/mol. The highest BCUT2D eigenvalue weighted by Crippen LogP contribution is 2.35. The summed E-state index contributed by atoms with van der Waals surface area (Å²) in [6.45, 7) is 1.01. The number of nitrogens with zero attached hydrogens (tertiary/aromatic N) is 1. The van der Waals surface area contributed by atoms with Crippen molar-refractivity contribution >= 4 is 29.2 Å². The predicted octanol–water partition coefficient (Wildman–Crippen LogP) is 3.40. The van der Waals surface area contributed by atoms with Crippen molar-refractivity contribution in [1.29, 1.82) is 0 Å². The van der Waals surface area contributed by atoms with Gasteiger partial charge in [-0.3, -0.25) is 9.78 Å². The third-order valence-corrected chi connectivity index (χ3v) is 3.76. The zero-order valence-electron chi connectivity index (χ0n) is 14.0. The molecule has 2 aromatic rings. The molecule has 0 unspecified atom stereocenters. The van der Waals surface area contributed by atoms with Gasteiger partial charge in [0.25, 0.3) is 5.91 Å². The molecule has 6 nitrogen and oxygen atoms in total. The topological polar surface area (TPSA) is 80.3 Å². The van der Waals surface area contributed by atoms with E-state index in [0.29, 0.717) is 0 Å². The molecule has 10 heteroatoms. The van der Waals surface area contributed by atoms with Gasteiger partial charge in [-0.25, -0.2) is 4.79 Å². The van der Waals surface area contributed by atoms with Crippen LogP contribution in [0.15, 0.2) is 48.8 Å². The van der Waals surface area contributed by atoms with E-state index in [1.54, 1.807) is 5.32 Å².